The van der Waals surface area contributed by atoms with Gasteiger partial charge in [0.05, 0.1) is 20.6 Å². The molecule has 0 aliphatic rings. The standard InChI is InChI=1S/C20H16F25NO2/c1-46(2,7-8(47)48)6-4-3-5-9(21,22)10(23,24)11(25,26)12(27,28)13(29,30)14(31,32)15(33,34)16(35,36)17(37,38)18(39,40)19(41,42)20(43,44)45/h3-7H2,1-2H3/p+1. The van der Waals surface area contributed by atoms with Gasteiger partial charge in [-0.2, -0.15) is 110 Å². The van der Waals surface area contributed by atoms with Gasteiger partial charge in [-0.15, -0.1) is 0 Å². The van der Waals surface area contributed by atoms with Crippen LogP contribution >= 0.6 is 0 Å². The maximum atomic E-state index is 14.0. The number of hydrogen-bond donors (Lipinski definition) is 1. The molecule has 0 unspecified atom stereocenters. The molecule has 0 aromatic rings. The van der Waals surface area contributed by atoms with Crippen LogP contribution in [-0.2, 0) is 4.79 Å². The lowest BCUT2D eigenvalue weighted by Gasteiger charge is -2.45. The molecule has 48 heavy (non-hydrogen) atoms. The number of quaternary nitrogens is 1. The Hall–Kier alpha value is -2.32. The molecule has 288 valence electrons. The van der Waals surface area contributed by atoms with Gasteiger partial charge in [-0.3, -0.25) is 0 Å². The molecule has 0 aromatic heterocycles. The fourth-order valence-corrected chi connectivity index (χ4v) is 3.47. The van der Waals surface area contributed by atoms with Crippen molar-refractivity contribution in [2.75, 3.05) is 27.2 Å². The molecule has 28 heteroatoms. The quantitative estimate of drug-likeness (QED) is 0.0911. The first-order valence-electron chi connectivity index (χ1n) is 11.6. The van der Waals surface area contributed by atoms with Gasteiger partial charge in [0.25, 0.3) is 0 Å². The van der Waals surface area contributed by atoms with E-state index in [2.05, 4.69) is 0 Å². The number of carboxylic acid groups (broad SMARTS) is 1. The van der Waals surface area contributed by atoms with Crippen molar-refractivity contribution in [3.05, 3.63) is 0 Å². The Labute approximate surface area is 249 Å². The van der Waals surface area contributed by atoms with Crippen LogP contribution in [0.3, 0.4) is 0 Å². The minimum absolute atomic E-state index is 0.618. The Morgan fingerprint density at radius 1 is 0.438 bits per heavy atom. The van der Waals surface area contributed by atoms with Gasteiger partial charge in [0.1, 0.15) is 0 Å². The molecule has 0 saturated carbocycles. The predicted octanol–water partition coefficient (Wildman–Crippen LogP) is 8.87. The summed E-state index contributed by atoms with van der Waals surface area (Å²) in [6, 6.07) is 0. The molecule has 0 aliphatic carbocycles. The molecule has 0 aliphatic heterocycles. The third-order valence-corrected chi connectivity index (χ3v) is 6.43. The van der Waals surface area contributed by atoms with Gasteiger partial charge in [-0.1, -0.05) is 0 Å². The Balaban J connectivity index is 6.89. The summed E-state index contributed by atoms with van der Waals surface area (Å²) < 4.78 is 336. The van der Waals surface area contributed by atoms with Gasteiger partial charge in [0.2, 0.25) is 0 Å². The van der Waals surface area contributed by atoms with E-state index in [1.807, 2.05) is 0 Å². The zero-order valence-electron chi connectivity index (χ0n) is 22.8. The smallest absolute Gasteiger partial charge is 0.460 e. The topological polar surface area (TPSA) is 37.3 Å². The van der Waals surface area contributed by atoms with Gasteiger partial charge in [-0.25, -0.2) is 4.79 Å². The number of likely N-dealkylation sites (N-methyl/N-ethyl adjacent to an activating group) is 1. The molecule has 0 rings (SSSR count). The second-order valence-electron chi connectivity index (χ2n) is 10.6. The molecule has 0 amide bonds. The monoisotopic (exact) mass is 778 g/mol. The summed E-state index contributed by atoms with van der Waals surface area (Å²) in [5.74, 6) is -99.9. The molecule has 0 spiro atoms. The zero-order valence-corrected chi connectivity index (χ0v) is 22.8. The van der Waals surface area contributed by atoms with Gasteiger partial charge in [-0.05, 0) is 12.8 Å². The number of carbonyl (C=O) groups is 1. The van der Waals surface area contributed by atoms with Crippen molar-refractivity contribution in [1.29, 1.82) is 0 Å². The molecule has 1 N–H and O–H groups in total. The van der Waals surface area contributed by atoms with Crippen molar-refractivity contribution >= 4 is 5.97 Å². The highest BCUT2D eigenvalue weighted by Crippen LogP contribution is 2.67. The summed E-state index contributed by atoms with van der Waals surface area (Å²) in [6.45, 7) is -1.44. The summed E-state index contributed by atoms with van der Waals surface area (Å²) in [7, 11) is 2.08. The minimum atomic E-state index is -9.61. The van der Waals surface area contributed by atoms with E-state index in [-0.39, 0.29) is 0 Å². The largest absolute Gasteiger partial charge is 0.477 e. The fourth-order valence-electron chi connectivity index (χ4n) is 3.47. The van der Waals surface area contributed by atoms with Crippen LogP contribution in [0.25, 0.3) is 0 Å². The maximum Gasteiger partial charge on any atom is 0.460 e. The third-order valence-electron chi connectivity index (χ3n) is 6.43. The number of rotatable bonds is 17. The Morgan fingerprint density at radius 2 is 0.688 bits per heavy atom. The van der Waals surface area contributed by atoms with Crippen molar-refractivity contribution < 1.29 is 124 Å². The predicted molar refractivity (Wildman–Crippen MR) is 104 cm³/mol. The van der Waals surface area contributed by atoms with E-state index >= 15 is 0 Å². The van der Waals surface area contributed by atoms with Crippen molar-refractivity contribution in [3.63, 3.8) is 0 Å². The molecule has 0 bridgehead atoms. The van der Waals surface area contributed by atoms with Gasteiger partial charge >= 0.3 is 77.3 Å². The lowest BCUT2D eigenvalue weighted by molar-refractivity contribution is -0.883. The van der Waals surface area contributed by atoms with E-state index in [0.29, 0.717) is 0 Å². The maximum absolute atomic E-state index is 14.0. The lowest BCUT2D eigenvalue weighted by Crippen LogP contribution is -2.78. The Morgan fingerprint density at radius 3 is 0.938 bits per heavy atom. The van der Waals surface area contributed by atoms with E-state index in [4.69, 9.17) is 5.11 Å². The van der Waals surface area contributed by atoms with Crippen molar-refractivity contribution in [2.24, 2.45) is 0 Å². The summed E-state index contributed by atoms with van der Waals surface area (Å²) in [4.78, 5) is 10.6. The van der Waals surface area contributed by atoms with E-state index in [9.17, 15) is 115 Å². The summed E-state index contributed by atoms with van der Waals surface area (Å²) in [5, 5.41) is 8.63. The SMILES string of the molecule is C[N+](C)(CCCCC(F)(F)C(F)(F)C(F)(F)C(F)(F)C(F)(F)C(F)(F)C(F)(F)C(F)(F)C(F)(F)C(F)(F)C(F)(F)C(F)(F)F)CC(=O)O. The van der Waals surface area contributed by atoms with Gasteiger partial charge < -0.3 is 9.59 Å². The molecule has 0 saturated heterocycles. The zero-order chi connectivity index (χ0) is 39.6. The highest BCUT2D eigenvalue weighted by molar-refractivity contribution is 5.67. The first-order chi connectivity index (χ1) is 20.4. The number of unbranched alkanes of at least 4 members (excludes halogenated alkanes) is 1. The van der Waals surface area contributed by atoms with Crippen LogP contribution in [0.2, 0.25) is 0 Å². The van der Waals surface area contributed by atoms with E-state index in [1.54, 1.807) is 0 Å². The van der Waals surface area contributed by atoms with E-state index in [0.717, 1.165) is 14.1 Å². The van der Waals surface area contributed by atoms with Crippen LogP contribution in [0.4, 0.5) is 110 Å². The number of halogens is 25. The molecule has 0 radical (unpaired) electrons. The molecule has 0 heterocycles. The summed E-state index contributed by atoms with van der Waals surface area (Å²) in [6.07, 6.45) is -13.5. The van der Waals surface area contributed by atoms with Crippen LogP contribution < -0.4 is 0 Å². The van der Waals surface area contributed by atoms with Gasteiger partial charge in [0.15, 0.2) is 6.54 Å². The average molecular weight is 778 g/mol. The fraction of sp³-hybridized carbons (Fsp3) is 0.950. The molecule has 0 fully saturated rings. The van der Waals surface area contributed by atoms with E-state index in [1.165, 1.54) is 0 Å². The molecule has 3 nitrogen and oxygen atoms in total. The highest BCUT2D eigenvalue weighted by Gasteiger charge is 2.99. The third kappa shape index (κ3) is 6.50. The average Bonchev–Trinajstić information content (AvgIpc) is 2.83. The van der Waals surface area contributed by atoms with Crippen molar-refractivity contribution in [1.82, 2.24) is 0 Å². The summed E-state index contributed by atoms with van der Waals surface area (Å²) in [5.41, 5.74) is 0. The number of hydrogen-bond acceptors (Lipinski definition) is 1. The molecular weight excluding hydrogens is 761 g/mol. The number of nitrogens with zero attached hydrogens (tertiary/aromatic N) is 1. The normalized spacial score (nSPS) is 16.4. The van der Waals surface area contributed by atoms with Crippen LogP contribution in [0.1, 0.15) is 19.3 Å². The Kier molecular flexibility index (Phi) is 11.6. The second kappa shape index (κ2) is 12.2. The second-order valence-corrected chi connectivity index (χ2v) is 10.6. The van der Waals surface area contributed by atoms with Crippen LogP contribution in [0.5, 0.6) is 0 Å². The molecular formula is C20H17F25NO2+. The first kappa shape index (κ1) is 45.7. The van der Waals surface area contributed by atoms with Crippen LogP contribution in [0.15, 0.2) is 0 Å². The van der Waals surface area contributed by atoms with E-state index < -0.39 is 114 Å². The molecule has 0 atom stereocenters. The summed E-state index contributed by atoms with van der Waals surface area (Å²) >= 11 is 0. The number of alkyl halides is 25. The Bertz CT molecular complexity index is 1150. The van der Waals surface area contributed by atoms with Gasteiger partial charge in [0, 0.05) is 6.42 Å². The number of carboxylic acids is 1. The van der Waals surface area contributed by atoms with Crippen molar-refractivity contribution in [2.45, 2.75) is 90.6 Å². The van der Waals surface area contributed by atoms with Crippen LogP contribution in [0, 0.1) is 0 Å². The lowest BCUT2D eigenvalue weighted by atomic mass is 9.84. The number of aliphatic carboxylic acids is 1. The molecule has 0 aromatic carbocycles. The van der Waals surface area contributed by atoms with Crippen molar-refractivity contribution in [3.8, 4) is 0 Å². The highest BCUT2D eigenvalue weighted by atomic mass is 19.4. The first-order valence-corrected chi connectivity index (χ1v) is 11.6. The van der Waals surface area contributed by atoms with Crippen LogP contribution in [-0.4, -0.2) is 114 Å². The minimum Gasteiger partial charge on any atom is -0.477 e.